The second-order valence-corrected chi connectivity index (χ2v) is 26.1. The van der Waals surface area contributed by atoms with Gasteiger partial charge in [0.15, 0.2) is 18.9 Å². The zero-order valence-corrected chi connectivity index (χ0v) is 59.5. The van der Waals surface area contributed by atoms with Crippen LogP contribution < -0.4 is 47.9 Å². The van der Waals surface area contributed by atoms with Crippen molar-refractivity contribution in [2.45, 2.75) is 292 Å². The fraction of sp³-hybridized carbons (Fsp3) is 0.866. The Balaban J connectivity index is 1.61. The maximum Gasteiger partial charge on any atom is 0.243 e. The van der Waals surface area contributed by atoms with Gasteiger partial charge in [0.2, 0.25) is 53.2 Å². The van der Waals surface area contributed by atoms with Crippen LogP contribution in [-0.4, -0.2) is 283 Å². The molecule has 0 saturated carbocycles. The molecule has 34 heteroatoms. The van der Waals surface area contributed by atoms with Crippen molar-refractivity contribution < 1.29 is 122 Å². The molecule has 0 aromatic carbocycles. The molecule has 0 aliphatic carbocycles. The number of unbranched alkanes of at least 4 members (excludes halogenated alkanes) is 13. The van der Waals surface area contributed by atoms with Gasteiger partial charge in [0.05, 0.1) is 19.8 Å². The lowest BCUT2D eigenvalue weighted by atomic mass is 9.97. The molecule has 3 aliphatic rings. The Morgan fingerprint density at radius 1 is 0.347 bits per heavy atom. The Kier molecular flexibility index (Phi) is 46.7. The quantitative estimate of drug-likeness (QED) is 0.0272. The molecule has 17 unspecified atom stereocenters. The number of hydrogen-bond acceptors (Lipinski definition) is 25. The highest BCUT2D eigenvalue weighted by molar-refractivity contribution is 5.92. The molecule has 3 heterocycles. The van der Waals surface area contributed by atoms with Gasteiger partial charge in [-0.1, -0.05) is 38.5 Å². The number of rotatable bonds is 54. The van der Waals surface area contributed by atoms with Gasteiger partial charge in [-0.2, -0.15) is 0 Å². The number of ether oxygens (including phenoxy) is 7. The molecule has 0 radical (unpaired) electrons. The highest BCUT2D eigenvalue weighted by Gasteiger charge is 2.48. The molecule has 0 spiro atoms. The van der Waals surface area contributed by atoms with Crippen molar-refractivity contribution in [2.75, 3.05) is 79.5 Å². The third-order valence-corrected chi connectivity index (χ3v) is 17.5. The standard InChI is InChI=1S/C67H121N9O25/c1-42(80)72-54-60(90)57(87)47(39-77)99-65(54)96-36-22-8-12-28-51(84)69-32-19-15-25-45(63(93)71-34-18-7-11-27-50(83)68-31-17-5-6-21-35-95-4)76-64(94)46(75-53(86)30-14-10-24-38-98-67-56(74-44(3)82)62(92)59(89)49(41-79)101-67)26-16-20-33-70-52(85)29-13-9-23-37-97-66-55(73-43(2)81)61(91)58(88)48(40-78)100-66/h45-49,54-62,65-67,77-79,87-92H,5-41H2,1-4H3,(H,68,83)(H,69,84)(H,70,85)(H,71,93)(H,72,80)(H,73,81)(H,74,82)(H,75,86)(H,76,94). The highest BCUT2D eigenvalue weighted by Crippen LogP contribution is 2.26. The zero-order chi connectivity index (χ0) is 74.5. The molecule has 0 aromatic rings. The molecule has 9 amide bonds. The fourth-order valence-corrected chi connectivity index (χ4v) is 11.7. The smallest absolute Gasteiger partial charge is 0.243 e. The van der Waals surface area contributed by atoms with Gasteiger partial charge in [0.1, 0.15) is 85.1 Å². The summed E-state index contributed by atoms with van der Waals surface area (Å²) in [7, 11) is 1.66. The third kappa shape index (κ3) is 36.2. The van der Waals surface area contributed by atoms with Gasteiger partial charge in [0.25, 0.3) is 0 Å². The lowest BCUT2D eigenvalue weighted by Gasteiger charge is -2.42. The summed E-state index contributed by atoms with van der Waals surface area (Å²) in [5.74, 6) is -3.51. The number of aliphatic hydroxyl groups is 9. The molecule has 3 fully saturated rings. The molecule has 3 saturated heterocycles. The lowest BCUT2D eigenvalue weighted by molar-refractivity contribution is -0.270. The van der Waals surface area contributed by atoms with Crippen molar-refractivity contribution in [1.29, 1.82) is 0 Å². The first-order chi connectivity index (χ1) is 48.5. The van der Waals surface area contributed by atoms with Gasteiger partial charge >= 0.3 is 0 Å². The Bertz CT molecular complexity index is 2390. The number of hydrogen-bond donors (Lipinski definition) is 18. The van der Waals surface area contributed by atoms with Gasteiger partial charge < -0.3 is 127 Å². The molecule has 0 aromatic heterocycles. The Morgan fingerprint density at radius 3 is 0.990 bits per heavy atom. The number of carbonyl (C=O) groups excluding carboxylic acids is 9. The first-order valence-electron chi connectivity index (χ1n) is 36.2. The first kappa shape index (κ1) is 89.8. The second kappa shape index (κ2) is 52.5. The molecule has 584 valence electrons. The molecular formula is C67H121N9O25. The van der Waals surface area contributed by atoms with Crippen LogP contribution in [0, 0.1) is 0 Å². The van der Waals surface area contributed by atoms with Crippen LogP contribution >= 0.6 is 0 Å². The number of nitrogens with one attached hydrogen (secondary N) is 9. The van der Waals surface area contributed by atoms with Crippen molar-refractivity contribution in [3.63, 3.8) is 0 Å². The van der Waals surface area contributed by atoms with Crippen LogP contribution in [0.1, 0.15) is 188 Å². The second-order valence-electron chi connectivity index (χ2n) is 26.1. The molecule has 0 bridgehead atoms. The number of aliphatic hydroxyl groups excluding tert-OH is 9. The minimum atomic E-state index is -1.49. The largest absolute Gasteiger partial charge is 0.394 e. The summed E-state index contributed by atoms with van der Waals surface area (Å²) < 4.78 is 39.3. The van der Waals surface area contributed by atoms with E-state index < -0.39 is 159 Å². The number of carbonyl (C=O) groups is 9. The fourth-order valence-electron chi connectivity index (χ4n) is 11.7. The number of methoxy groups -OCH3 is 1. The van der Waals surface area contributed by atoms with E-state index in [1.165, 1.54) is 20.8 Å². The van der Waals surface area contributed by atoms with Crippen LogP contribution in [0.5, 0.6) is 0 Å². The van der Waals surface area contributed by atoms with E-state index in [1.807, 2.05) is 0 Å². The summed E-state index contributed by atoms with van der Waals surface area (Å²) in [5.41, 5.74) is 0. The minimum Gasteiger partial charge on any atom is -0.394 e. The summed E-state index contributed by atoms with van der Waals surface area (Å²) in [6, 6.07) is -5.45. The topological polar surface area (TPSA) is 509 Å². The number of amides is 9. The van der Waals surface area contributed by atoms with E-state index in [4.69, 9.17) is 33.2 Å². The van der Waals surface area contributed by atoms with E-state index >= 15 is 0 Å². The van der Waals surface area contributed by atoms with Crippen LogP contribution in [0.2, 0.25) is 0 Å². The first-order valence-corrected chi connectivity index (χ1v) is 36.2. The summed E-state index contributed by atoms with van der Waals surface area (Å²) in [6.07, 6.45) is -3.14. The minimum absolute atomic E-state index is 0.00959. The van der Waals surface area contributed by atoms with Crippen molar-refractivity contribution >= 4 is 53.2 Å². The van der Waals surface area contributed by atoms with Crippen LogP contribution in [0.3, 0.4) is 0 Å². The molecule has 3 rings (SSSR count). The Hall–Kier alpha value is -5.41. The molecule has 17 atom stereocenters. The predicted molar refractivity (Wildman–Crippen MR) is 362 cm³/mol. The molecule has 34 nitrogen and oxygen atoms in total. The monoisotopic (exact) mass is 1450 g/mol. The molecular weight excluding hydrogens is 1330 g/mol. The highest BCUT2D eigenvalue weighted by atomic mass is 16.7. The van der Waals surface area contributed by atoms with Gasteiger partial charge in [-0.25, -0.2) is 0 Å². The van der Waals surface area contributed by atoms with Crippen molar-refractivity contribution in [2.24, 2.45) is 0 Å². The van der Waals surface area contributed by atoms with E-state index in [9.17, 15) is 89.1 Å². The molecule has 18 N–H and O–H groups in total. The van der Waals surface area contributed by atoms with Gasteiger partial charge in [-0.05, 0) is 103 Å². The Morgan fingerprint density at radius 2 is 0.644 bits per heavy atom. The van der Waals surface area contributed by atoms with Gasteiger partial charge in [0, 0.05) is 106 Å². The normalized spacial score (nSPS) is 25.6. The molecule has 101 heavy (non-hydrogen) atoms. The summed E-state index contributed by atoms with van der Waals surface area (Å²) in [5, 5.41) is 116. The SMILES string of the molecule is COCCCCCCNC(=O)CCCCCNC(=O)C(CCCCNC(=O)CCCCCOC1OC(CO)C(O)C(O)C1NC(C)=O)NC(=O)C(CCCCNC(=O)CCCCCOC1OC(CO)C(O)C(O)C1NC(C)=O)NC(=O)CCCCCOC1OC(CO)C(O)C(O)C1NC(C)=O. The summed E-state index contributed by atoms with van der Waals surface area (Å²) in [6.45, 7) is 4.29. The van der Waals surface area contributed by atoms with Gasteiger partial charge in [-0.3, -0.25) is 43.2 Å². The third-order valence-electron chi connectivity index (χ3n) is 17.5. The summed E-state index contributed by atoms with van der Waals surface area (Å²) >= 11 is 0. The average molecular weight is 1450 g/mol. The van der Waals surface area contributed by atoms with Crippen molar-refractivity contribution in [1.82, 2.24) is 47.9 Å². The maximum atomic E-state index is 14.4. The van der Waals surface area contributed by atoms with E-state index in [-0.39, 0.29) is 89.3 Å². The average Bonchev–Trinajstić information content (AvgIpc) is 0.824. The predicted octanol–water partition coefficient (Wildman–Crippen LogP) is -2.91. The lowest BCUT2D eigenvalue weighted by Crippen LogP contribution is -2.64. The van der Waals surface area contributed by atoms with Crippen molar-refractivity contribution in [3.8, 4) is 0 Å². The van der Waals surface area contributed by atoms with Crippen LogP contribution in [0.15, 0.2) is 0 Å². The van der Waals surface area contributed by atoms with E-state index in [2.05, 4.69) is 47.9 Å². The van der Waals surface area contributed by atoms with Gasteiger partial charge in [-0.15, -0.1) is 0 Å². The Labute approximate surface area is 592 Å². The zero-order valence-electron chi connectivity index (χ0n) is 59.5. The van der Waals surface area contributed by atoms with E-state index in [1.54, 1.807) is 7.11 Å². The maximum absolute atomic E-state index is 14.4. The molecule has 3 aliphatic heterocycles. The van der Waals surface area contributed by atoms with Crippen LogP contribution in [-0.2, 0) is 76.3 Å². The van der Waals surface area contributed by atoms with E-state index in [0.717, 1.165) is 25.7 Å². The van der Waals surface area contributed by atoms with Crippen LogP contribution in [0.25, 0.3) is 0 Å². The van der Waals surface area contributed by atoms with Crippen molar-refractivity contribution in [3.05, 3.63) is 0 Å². The van der Waals surface area contributed by atoms with E-state index in [0.29, 0.717) is 122 Å². The summed E-state index contributed by atoms with van der Waals surface area (Å²) in [4.78, 5) is 116. The van der Waals surface area contributed by atoms with Crippen LogP contribution in [0.4, 0.5) is 0 Å².